The number of hydrogen-bond donors (Lipinski definition) is 3. The normalized spacial score (nSPS) is 18.5. The number of thioether (sulfide) groups is 1. The van der Waals surface area contributed by atoms with Gasteiger partial charge < -0.3 is 25.3 Å². The van der Waals surface area contributed by atoms with Crippen molar-refractivity contribution >= 4 is 63.8 Å². The summed E-state index contributed by atoms with van der Waals surface area (Å²) in [6.07, 6.45) is 0.432. The van der Waals surface area contributed by atoms with Crippen LogP contribution in [-0.4, -0.2) is 73.6 Å². The number of amides is 3. The molecule has 39 heavy (non-hydrogen) atoms. The first-order valence-corrected chi connectivity index (χ1v) is 13.1. The maximum atomic E-state index is 13.0. The van der Waals surface area contributed by atoms with Gasteiger partial charge in [0.05, 0.1) is 10.7 Å². The van der Waals surface area contributed by atoms with Gasteiger partial charge in [-0.05, 0) is 24.6 Å². The molecule has 0 aliphatic carbocycles. The number of β-lactam (4-membered cyclic amide) rings is 1. The minimum absolute atomic E-state index is 0.0184. The van der Waals surface area contributed by atoms with Gasteiger partial charge >= 0.3 is 5.97 Å². The van der Waals surface area contributed by atoms with Gasteiger partial charge in [0, 0.05) is 17.5 Å². The minimum atomic E-state index is -1.05. The van der Waals surface area contributed by atoms with Crippen LogP contribution >= 0.6 is 23.1 Å². The average Bonchev–Trinajstić information content (AvgIpc) is 3.39. The number of fused-ring (bicyclic) bond motifs is 1. The number of hydrogen-bond acceptors (Lipinski definition) is 13. The third kappa shape index (κ3) is 5.83. The highest BCUT2D eigenvalue weighted by atomic mass is 32.2. The van der Waals surface area contributed by atoms with E-state index in [1.54, 1.807) is 6.92 Å². The SMILES string of the molecule is CCON=C(C(=O)NC1C(=O)N2C(C(=O)OCc3ccc([N+](=O)[O-])cc3)=C(O)CS[C@@H]12)c1csc(NC=O)n1. The predicted molar refractivity (Wildman–Crippen MR) is 138 cm³/mol. The van der Waals surface area contributed by atoms with E-state index in [-0.39, 0.29) is 52.6 Å². The van der Waals surface area contributed by atoms with Crippen molar-refractivity contribution in [1.29, 1.82) is 0 Å². The average molecular weight is 577 g/mol. The number of nitrogens with zero attached hydrogens (tertiary/aromatic N) is 4. The number of oxime groups is 1. The lowest BCUT2D eigenvalue weighted by molar-refractivity contribution is -0.384. The smallest absolute Gasteiger partial charge is 0.358 e. The number of esters is 1. The summed E-state index contributed by atoms with van der Waals surface area (Å²) in [7, 11) is 0. The summed E-state index contributed by atoms with van der Waals surface area (Å²) in [5.41, 5.74) is -0.114. The van der Waals surface area contributed by atoms with E-state index >= 15 is 0 Å². The van der Waals surface area contributed by atoms with Crippen LogP contribution in [0.25, 0.3) is 0 Å². The van der Waals surface area contributed by atoms with Gasteiger partial charge in [-0.2, -0.15) is 0 Å². The number of thiazole rings is 1. The molecule has 1 aromatic heterocycles. The zero-order chi connectivity index (χ0) is 28.1. The second kappa shape index (κ2) is 11.9. The Balaban J connectivity index is 1.43. The van der Waals surface area contributed by atoms with Crippen molar-refractivity contribution < 1.29 is 38.8 Å². The van der Waals surface area contributed by atoms with Crippen LogP contribution in [0.3, 0.4) is 0 Å². The molecule has 1 aromatic carbocycles. The van der Waals surface area contributed by atoms with Crippen molar-refractivity contribution in [2.45, 2.75) is 24.9 Å². The van der Waals surface area contributed by atoms with Gasteiger partial charge in [0.25, 0.3) is 17.5 Å². The molecule has 3 amide bonds. The number of ether oxygens (including phenoxy) is 1. The molecule has 0 radical (unpaired) electrons. The molecule has 2 aliphatic heterocycles. The van der Waals surface area contributed by atoms with Crippen molar-refractivity contribution in [1.82, 2.24) is 15.2 Å². The highest BCUT2D eigenvalue weighted by Gasteiger charge is 2.55. The molecule has 17 heteroatoms. The highest BCUT2D eigenvalue weighted by molar-refractivity contribution is 8.00. The Morgan fingerprint density at radius 2 is 2.10 bits per heavy atom. The zero-order valence-corrected chi connectivity index (χ0v) is 21.7. The first kappa shape index (κ1) is 27.5. The second-order valence-corrected chi connectivity index (χ2v) is 9.78. The maximum absolute atomic E-state index is 13.0. The van der Waals surface area contributed by atoms with Crippen LogP contribution in [0.5, 0.6) is 0 Å². The molecule has 15 nitrogen and oxygen atoms in total. The van der Waals surface area contributed by atoms with Gasteiger partial charge in [0.1, 0.15) is 36.1 Å². The minimum Gasteiger partial charge on any atom is -0.509 e. The quantitative estimate of drug-likeness (QED) is 0.0868. The van der Waals surface area contributed by atoms with Crippen LogP contribution in [0.2, 0.25) is 0 Å². The number of non-ortho nitro benzene ring substituents is 1. The summed E-state index contributed by atoms with van der Waals surface area (Å²) in [6.45, 7) is 1.57. The monoisotopic (exact) mass is 576 g/mol. The third-order valence-corrected chi connectivity index (χ3v) is 7.41. The Bertz CT molecular complexity index is 1370. The fourth-order valence-electron chi connectivity index (χ4n) is 3.57. The van der Waals surface area contributed by atoms with Gasteiger partial charge in [-0.3, -0.25) is 29.4 Å². The number of carbonyl (C=O) groups is 4. The molecular weight excluding hydrogens is 556 g/mol. The fraction of sp³-hybridized carbons (Fsp3) is 0.273. The summed E-state index contributed by atoms with van der Waals surface area (Å²) in [5, 5.41) is 30.9. The molecule has 3 heterocycles. The first-order valence-electron chi connectivity index (χ1n) is 11.2. The first-order chi connectivity index (χ1) is 18.7. The second-order valence-electron chi connectivity index (χ2n) is 7.81. The largest absolute Gasteiger partial charge is 0.509 e. The number of nitro groups is 1. The molecule has 0 bridgehead atoms. The van der Waals surface area contributed by atoms with E-state index in [4.69, 9.17) is 9.57 Å². The lowest BCUT2D eigenvalue weighted by Gasteiger charge is -2.48. The number of nitrogens with one attached hydrogen (secondary N) is 2. The summed E-state index contributed by atoms with van der Waals surface area (Å²) in [4.78, 5) is 69.8. The van der Waals surface area contributed by atoms with Gasteiger partial charge in [-0.15, -0.1) is 23.1 Å². The van der Waals surface area contributed by atoms with Crippen LogP contribution in [0.15, 0.2) is 46.3 Å². The molecule has 1 fully saturated rings. The van der Waals surface area contributed by atoms with Gasteiger partial charge in [0.15, 0.2) is 16.5 Å². The third-order valence-electron chi connectivity index (χ3n) is 5.37. The summed E-state index contributed by atoms with van der Waals surface area (Å²) >= 11 is 2.18. The number of benzene rings is 1. The van der Waals surface area contributed by atoms with Crippen molar-refractivity contribution in [3.05, 3.63) is 62.5 Å². The van der Waals surface area contributed by atoms with E-state index in [9.17, 15) is 34.4 Å². The lowest BCUT2D eigenvalue weighted by Crippen LogP contribution is -2.71. The Morgan fingerprint density at radius 3 is 2.77 bits per heavy atom. The molecule has 2 atom stereocenters. The number of nitro benzene ring substituents is 1. The molecule has 1 unspecified atom stereocenters. The number of anilines is 1. The number of aliphatic hydroxyl groups excluding tert-OH is 1. The maximum Gasteiger partial charge on any atom is 0.358 e. The number of carbonyl (C=O) groups excluding carboxylic acids is 4. The van der Waals surface area contributed by atoms with Crippen molar-refractivity contribution in [3.8, 4) is 0 Å². The van der Waals surface area contributed by atoms with Crippen LogP contribution < -0.4 is 10.6 Å². The van der Waals surface area contributed by atoms with E-state index in [2.05, 4.69) is 20.8 Å². The van der Waals surface area contributed by atoms with E-state index < -0.39 is 34.1 Å². The van der Waals surface area contributed by atoms with Crippen LogP contribution in [0.4, 0.5) is 10.8 Å². The van der Waals surface area contributed by atoms with Crippen LogP contribution in [0.1, 0.15) is 18.2 Å². The zero-order valence-electron chi connectivity index (χ0n) is 20.1. The number of aromatic nitrogens is 1. The topological polar surface area (TPSA) is 203 Å². The Hall–Kier alpha value is -4.51. The number of rotatable bonds is 11. The molecule has 204 valence electrons. The van der Waals surface area contributed by atoms with E-state index in [0.717, 1.165) is 28.0 Å². The fourth-order valence-corrected chi connectivity index (χ4v) is 5.42. The van der Waals surface area contributed by atoms with E-state index in [0.29, 0.717) is 12.0 Å². The summed E-state index contributed by atoms with van der Waals surface area (Å²) < 4.78 is 5.23. The van der Waals surface area contributed by atoms with Crippen LogP contribution in [0, 0.1) is 10.1 Å². The van der Waals surface area contributed by atoms with Crippen molar-refractivity contribution in [2.24, 2.45) is 5.16 Å². The van der Waals surface area contributed by atoms with Crippen molar-refractivity contribution in [3.63, 3.8) is 0 Å². The van der Waals surface area contributed by atoms with Crippen molar-refractivity contribution in [2.75, 3.05) is 17.7 Å². The Kier molecular flexibility index (Phi) is 8.40. The molecule has 0 saturated carbocycles. The van der Waals surface area contributed by atoms with Gasteiger partial charge in [0.2, 0.25) is 6.41 Å². The van der Waals surface area contributed by atoms with Gasteiger partial charge in [-0.1, -0.05) is 5.16 Å². The van der Waals surface area contributed by atoms with E-state index in [1.165, 1.54) is 29.6 Å². The molecule has 1 saturated heterocycles. The lowest BCUT2D eigenvalue weighted by atomic mass is 10.0. The predicted octanol–water partition coefficient (Wildman–Crippen LogP) is 1.27. The Morgan fingerprint density at radius 1 is 1.36 bits per heavy atom. The molecule has 4 rings (SSSR count). The molecule has 2 aromatic rings. The molecule has 3 N–H and O–H groups in total. The van der Waals surface area contributed by atoms with E-state index in [1.807, 2.05) is 0 Å². The van der Waals surface area contributed by atoms with Gasteiger partial charge in [-0.25, -0.2) is 9.78 Å². The molecular formula is C22H20N6O9S2. The highest BCUT2D eigenvalue weighted by Crippen LogP contribution is 2.40. The Labute approximate surface area is 228 Å². The molecule has 0 spiro atoms. The van der Waals surface area contributed by atoms with Crippen LogP contribution in [-0.2, 0) is 35.4 Å². The number of aliphatic hydroxyl groups is 1. The molecule has 2 aliphatic rings. The summed E-state index contributed by atoms with van der Waals surface area (Å²) in [6, 6.07) is 4.30. The standard InChI is InChI=1S/C22H20N6O9S2/c1-2-37-26-15(13-8-39-22(24-13)23-10-29)18(31)25-16-19(32)27-17(14(30)9-38-20(16)27)21(33)36-7-11-3-5-12(6-4-11)28(34)35/h3-6,8,10,16,20,30H,2,7,9H2,1H3,(H,25,31)(H,23,24,29)/t16?,20-/m0/s1. The summed E-state index contributed by atoms with van der Waals surface area (Å²) in [5.74, 6) is -2.78.